The molecule has 1 aromatic rings. The molecule has 0 spiro atoms. The zero-order valence-electron chi connectivity index (χ0n) is 12.2. The number of hydrogen-bond donors (Lipinski definition) is 1. The van der Waals surface area contributed by atoms with Crippen LogP contribution in [0.4, 0.5) is 0 Å². The van der Waals surface area contributed by atoms with Crippen LogP contribution in [0, 0.1) is 18.3 Å². The standard InChI is InChI=1S/C16H25N3/c1-3-19(12-15-11-7-8-13(2)18-15)16(17)14-9-5-4-6-10-14/h7-8,11,14,17H,3-6,9-10,12H2,1-2H3. The van der Waals surface area contributed by atoms with Gasteiger partial charge in [0.05, 0.1) is 18.1 Å². The van der Waals surface area contributed by atoms with Crippen LogP contribution in [0.2, 0.25) is 0 Å². The summed E-state index contributed by atoms with van der Waals surface area (Å²) in [5, 5.41) is 8.44. The molecular formula is C16H25N3. The van der Waals surface area contributed by atoms with Gasteiger partial charge in [0.1, 0.15) is 0 Å². The Labute approximate surface area is 116 Å². The van der Waals surface area contributed by atoms with E-state index in [4.69, 9.17) is 5.41 Å². The Morgan fingerprint density at radius 2 is 2.05 bits per heavy atom. The zero-order valence-corrected chi connectivity index (χ0v) is 12.2. The Kier molecular flexibility index (Phi) is 4.94. The van der Waals surface area contributed by atoms with Gasteiger partial charge in [0.2, 0.25) is 0 Å². The number of aromatic nitrogens is 1. The third-order valence-electron chi connectivity index (χ3n) is 4.01. The molecule has 1 saturated carbocycles. The lowest BCUT2D eigenvalue weighted by molar-refractivity contribution is 0.355. The Balaban J connectivity index is 2.00. The predicted molar refractivity (Wildman–Crippen MR) is 79.4 cm³/mol. The van der Waals surface area contributed by atoms with Gasteiger partial charge in [0.15, 0.2) is 0 Å². The van der Waals surface area contributed by atoms with Crippen molar-refractivity contribution in [2.75, 3.05) is 6.54 Å². The van der Waals surface area contributed by atoms with E-state index >= 15 is 0 Å². The molecule has 19 heavy (non-hydrogen) atoms. The topological polar surface area (TPSA) is 40.0 Å². The molecule has 0 radical (unpaired) electrons. The van der Waals surface area contributed by atoms with E-state index in [0.717, 1.165) is 30.3 Å². The van der Waals surface area contributed by atoms with E-state index < -0.39 is 0 Å². The highest BCUT2D eigenvalue weighted by Gasteiger charge is 2.22. The lowest BCUT2D eigenvalue weighted by atomic mass is 9.88. The molecule has 1 N–H and O–H groups in total. The van der Waals surface area contributed by atoms with Gasteiger partial charge in [-0.2, -0.15) is 0 Å². The molecule has 0 unspecified atom stereocenters. The maximum absolute atomic E-state index is 8.44. The summed E-state index contributed by atoms with van der Waals surface area (Å²) in [5.41, 5.74) is 2.13. The van der Waals surface area contributed by atoms with Crippen LogP contribution in [0.15, 0.2) is 18.2 Å². The number of hydrogen-bond acceptors (Lipinski definition) is 2. The van der Waals surface area contributed by atoms with Gasteiger partial charge in [-0.25, -0.2) is 0 Å². The normalized spacial score (nSPS) is 16.3. The van der Waals surface area contributed by atoms with Crippen molar-refractivity contribution < 1.29 is 0 Å². The second kappa shape index (κ2) is 6.69. The third-order valence-corrected chi connectivity index (χ3v) is 4.01. The molecule has 3 heteroatoms. The Morgan fingerprint density at radius 1 is 1.32 bits per heavy atom. The summed E-state index contributed by atoms with van der Waals surface area (Å²) in [6.07, 6.45) is 6.29. The Morgan fingerprint density at radius 3 is 2.68 bits per heavy atom. The maximum Gasteiger partial charge on any atom is 0.0992 e. The molecule has 1 aliphatic carbocycles. The van der Waals surface area contributed by atoms with Crippen LogP contribution in [0.5, 0.6) is 0 Å². The van der Waals surface area contributed by atoms with E-state index in [2.05, 4.69) is 28.9 Å². The molecule has 2 rings (SSSR count). The highest BCUT2D eigenvalue weighted by molar-refractivity contribution is 5.81. The molecule has 0 amide bonds. The third kappa shape index (κ3) is 3.79. The molecule has 1 fully saturated rings. The zero-order chi connectivity index (χ0) is 13.7. The summed E-state index contributed by atoms with van der Waals surface area (Å²) < 4.78 is 0. The molecule has 1 aliphatic rings. The minimum absolute atomic E-state index is 0.471. The summed E-state index contributed by atoms with van der Waals surface area (Å²) in [4.78, 5) is 6.73. The second-order valence-electron chi connectivity index (χ2n) is 5.50. The van der Waals surface area contributed by atoms with Gasteiger partial charge in [-0.15, -0.1) is 0 Å². The summed E-state index contributed by atoms with van der Waals surface area (Å²) in [7, 11) is 0. The van der Waals surface area contributed by atoms with Crippen LogP contribution < -0.4 is 0 Å². The van der Waals surface area contributed by atoms with Crippen molar-refractivity contribution in [3.63, 3.8) is 0 Å². The van der Waals surface area contributed by atoms with Crippen molar-refractivity contribution in [1.29, 1.82) is 5.41 Å². The van der Waals surface area contributed by atoms with E-state index in [9.17, 15) is 0 Å². The van der Waals surface area contributed by atoms with E-state index in [-0.39, 0.29) is 0 Å². The van der Waals surface area contributed by atoms with Gasteiger partial charge in [-0.05, 0) is 38.8 Å². The molecule has 104 valence electrons. The van der Waals surface area contributed by atoms with Crippen LogP contribution in [0.3, 0.4) is 0 Å². The number of nitrogens with one attached hydrogen (secondary N) is 1. The molecule has 0 aromatic carbocycles. The minimum Gasteiger partial charge on any atom is -0.355 e. The average molecular weight is 259 g/mol. The number of amidine groups is 1. The van der Waals surface area contributed by atoms with E-state index in [0.29, 0.717) is 5.92 Å². The molecule has 0 atom stereocenters. The van der Waals surface area contributed by atoms with Gasteiger partial charge in [-0.3, -0.25) is 10.4 Å². The van der Waals surface area contributed by atoms with Crippen LogP contribution in [-0.4, -0.2) is 22.3 Å². The number of pyridine rings is 1. The van der Waals surface area contributed by atoms with E-state index in [1.165, 1.54) is 32.1 Å². The molecule has 0 saturated heterocycles. The summed E-state index contributed by atoms with van der Waals surface area (Å²) in [5.74, 6) is 1.30. The van der Waals surface area contributed by atoms with Crippen molar-refractivity contribution in [1.82, 2.24) is 9.88 Å². The van der Waals surface area contributed by atoms with Crippen LogP contribution in [0.1, 0.15) is 50.4 Å². The smallest absolute Gasteiger partial charge is 0.0992 e. The quantitative estimate of drug-likeness (QED) is 0.660. The first-order chi connectivity index (χ1) is 9.20. The number of nitrogens with zero attached hydrogens (tertiary/aromatic N) is 2. The predicted octanol–water partition coefficient (Wildman–Crippen LogP) is 3.77. The molecule has 1 heterocycles. The summed E-state index contributed by atoms with van der Waals surface area (Å²) in [6, 6.07) is 6.13. The van der Waals surface area contributed by atoms with Crippen LogP contribution in [0.25, 0.3) is 0 Å². The average Bonchev–Trinajstić information content (AvgIpc) is 2.45. The first-order valence-electron chi connectivity index (χ1n) is 7.46. The summed E-state index contributed by atoms with van der Waals surface area (Å²) >= 11 is 0. The summed E-state index contributed by atoms with van der Waals surface area (Å²) in [6.45, 7) is 5.82. The molecule has 3 nitrogen and oxygen atoms in total. The van der Waals surface area contributed by atoms with Crippen LogP contribution >= 0.6 is 0 Å². The second-order valence-corrected chi connectivity index (χ2v) is 5.50. The van der Waals surface area contributed by atoms with Crippen molar-refractivity contribution in [3.8, 4) is 0 Å². The van der Waals surface area contributed by atoms with Gasteiger partial charge in [-0.1, -0.05) is 25.3 Å². The minimum atomic E-state index is 0.471. The maximum atomic E-state index is 8.44. The number of aryl methyl sites for hydroxylation is 1. The molecule has 0 aliphatic heterocycles. The van der Waals surface area contributed by atoms with Crippen molar-refractivity contribution in [2.45, 2.75) is 52.5 Å². The molecule has 0 bridgehead atoms. The van der Waals surface area contributed by atoms with Gasteiger partial charge in [0.25, 0.3) is 0 Å². The first kappa shape index (κ1) is 14.0. The molecular weight excluding hydrogens is 234 g/mol. The van der Waals surface area contributed by atoms with E-state index in [1.807, 2.05) is 13.0 Å². The lowest BCUT2D eigenvalue weighted by Gasteiger charge is -2.31. The number of rotatable bonds is 4. The van der Waals surface area contributed by atoms with Gasteiger partial charge >= 0.3 is 0 Å². The van der Waals surface area contributed by atoms with Crippen molar-refractivity contribution in [2.24, 2.45) is 5.92 Å². The Hall–Kier alpha value is -1.38. The van der Waals surface area contributed by atoms with Gasteiger partial charge < -0.3 is 4.90 Å². The largest absolute Gasteiger partial charge is 0.355 e. The fourth-order valence-electron chi connectivity index (χ4n) is 2.88. The SMILES string of the molecule is CCN(Cc1cccc(C)n1)C(=N)C1CCCCC1. The van der Waals surface area contributed by atoms with Gasteiger partial charge in [0, 0.05) is 18.2 Å². The fourth-order valence-corrected chi connectivity index (χ4v) is 2.88. The highest BCUT2D eigenvalue weighted by Crippen LogP contribution is 2.26. The van der Waals surface area contributed by atoms with E-state index in [1.54, 1.807) is 0 Å². The lowest BCUT2D eigenvalue weighted by Crippen LogP contribution is -2.36. The van der Waals surface area contributed by atoms with Crippen LogP contribution in [-0.2, 0) is 6.54 Å². The monoisotopic (exact) mass is 259 g/mol. The fraction of sp³-hybridized carbons (Fsp3) is 0.625. The molecule has 1 aromatic heterocycles. The van der Waals surface area contributed by atoms with Crippen molar-refractivity contribution in [3.05, 3.63) is 29.6 Å². The highest BCUT2D eigenvalue weighted by atomic mass is 15.2. The Bertz CT molecular complexity index is 422. The first-order valence-corrected chi connectivity index (χ1v) is 7.46. The van der Waals surface area contributed by atoms with Crippen molar-refractivity contribution >= 4 is 5.84 Å².